The van der Waals surface area contributed by atoms with Gasteiger partial charge in [0.1, 0.15) is 49.2 Å². The summed E-state index contributed by atoms with van der Waals surface area (Å²) in [5, 5.41) is 36.7. The zero-order valence-corrected chi connectivity index (χ0v) is 67.4. The first kappa shape index (κ1) is 83.2. The van der Waals surface area contributed by atoms with Gasteiger partial charge in [0.05, 0.1) is 44.8 Å². The van der Waals surface area contributed by atoms with Crippen molar-refractivity contribution in [1.82, 2.24) is 9.15 Å². The molecule has 6 aromatic rings. The molecule has 0 amide bonds. The van der Waals surface area contributed by atoms with Crippen molar-refractivity contribution in [3.63, 3.8) is 0 Å². The molecule has 17 nitrogen and oxygen atoms in total. The van der Waals surface area contributed by atoms with Gasteiger partial charge in [0, 0.05) is 158 Å². The number of carboxylic acids is 2. The van der Waals surface area contributed by atoms with Crippen molar-refractivity contribution in [2.75, 3.05) is 87.9 Å². The Kier molecular flexibility index (Phi) is 29.3. The van der Waals surface area contributed by atoms with Crippen molar-refractivity contribution in [2.45, 2.75) is 122 Å². The summed E-state index contributed by atoms with van der Waals surface area (Å²) < 4.78 is 164. The Labute approximate surface area is 707 Å². The van der Waals surface area contributed by atoms with Crippen molar-refractivity contribution in [3.8, 4) is 23.0 Å². The summed E-state index contributed by atoms with van der Waals surface area (Å²) in [6, 6.07) is 7.38. The number of aromatic carboxylic acids is 2. The van der Waals surface area contributed by atoms with Gasteiger partial charge in [-0.1, -0.05) is 36.0 Å². The molecule has 0 aliphatic carbocycles. The molecule has 0 bridgehead atoms. The van der Waals surface area contributed by atoms with Crippen LogP contribution < -0.4 is 168 Å². The minimum Gasteiger partial charge on any atom is -1.00 e. The van der Waals surface area contributed by atoms with Crippen LogP contribution in [0.5, 0.6) is 23.0 Å². The van der Waals surface area contributed by atoms with E-state index in [-0.39, 0.29) is 134 Å². The topological polar surface area (TPSA) is 213 Å². The van der Waals surface area contributed by atoms with E-state index < -0.39 is 87.9 Å². The first-order valence-electron chi connectivity index (χ1n) is 35.6. The maximum absolute atomic E-state index is 15.9. The molecule has 29 heteroatoms. The third kappa shape index (κ3) is 16.6. The van der Waals surface area contributed by atoms with E-state index in [9.17, 15) is 51.3 Å². The number of ether oxygens (including phenoxy) is 4. The number of halogens is 10. The predicted octanol–water partition coefficient (Wildman–Crippen LogP) is 1.85. The van der Waals surface area contributed by atoms with Crippen molar-refractivity contribution >= 4 is 68.8 Å². The Morgan fingerprint density at radius 2 is 0.897 bits per heavy atom. The van der Waals surface area contributed by atoms with E-state index in [1.165, 1.54) is 0 Å². The molecule has 6 aromatic carbocycles. The van der Waals surface area contributed by atoms with Crippen LogP contribution in [0.3, 0.4) is 0 Å². The number of esters is 2. The van der Waals surface area contributed by atoms with E-state index in [1.54, 1.807) is 0 Å². The fourth-order valence-electron chi connectivity index (χ4n) is 16.2. The number of carboxylic acid groups (broad SMARTS) is 2. The normalized spacial score (nSPS) is 15.7. The van der Waals surface area contributed by atoms with E-state index in [0.717, 1.165) is 226 Å². The number of carbonyl (C=O) groups excluding carboxylic acids is 5. The summed E-state index contributed by atoms with van der Waals surface area (Å²) >= 11 is 3.20. The molecule has 107 heavy (non-hydrogen) atoms. The molecule has 0 atom stereocenters. The van der Waals surface area contributed by atoms with Crippen LogP contribution in [0, 0.1) is 46.5 Å². The van der Waals surface area contributed by atoms with Crippen LogP contribution in [0.2, 0.25) is 0 Å². The molecule has 0 radical (unpaired) electrons. The average molecular weight is 1610 g/mol. The molecule has 0 spiro atoms. The molecule has 16 rings (SSSR count). The maximum Gasteiger partial charge on any atom is 1.00 e. The summed E-state index contributed by atoms with van der Waals surface area (Å²) in [6.07, 6.45) is 16.9. The summed E-state index contributed by atoms with van der Waals surface area (Å²) in [6.45, 7) is 16.4. The Morgan fingerprint density at radius 3 is 1.25 bits per heavy atom. The molecule has 10 heterocycles. The molecule has 10 aliphatic rings. The fraction of sp³-hybridized carbons (Fsp3) is 0.397. The first-order chi connectivity index (χ1) is 51.1. The van der Waals surface area contributed by atoms with Crippen molar-refractivity contribution in [3.05, 3.63) is 195 Å². The molecule has 0 aromatic heterocycles. The quantitative estimate of drug-likeness (QED) is 0.0139. The van der Waals surface area contributed by atoms with Gasteiger partial charge in [-0.15, -0.1) is 0 Å². The van der Waals surface area contributed by atoms with Crippen LogP contribution in [0.15, 0.2) is 49.6 Å². The minimum absolute atomic E-state index is 0. The second-order valence-corrected chi connectivity index (χ2v) is 27.0. The van der Waals surface area contributed by atoms with E-state index in [4.69, 9.17) is 20.9 Å². The minimum atomic E-state index is -2.18. The summed E-state index contributed by atoms with van der Waals surface area (Å²) in [5.74, 6) is -19.0. The van der Waals surface area contributed by atoms with Crippen LogP contribution in [0.4, 0.5) is 50.9 Å². The van der Waals surface area contributed by atoms with E-state index in [0.29, 0.717) is 83.5 Å². The van der Waals surface area contributed by atoms with Crippen molar-refractivity contribution < 1.29 is 208 Å². The van der Waals surface area contributed by atoms with Gasteiger partial charge in [-0.25, -0.2) is 53.9 Å². The van der Waals surface area contributed by atoms with Gasteiger partial charge in [0.25, 0.3) is 6.47 Å². The predicted molar refractivity (Wildman–Crippen MR) is 368 cm³/mol. The van der Waals surface area contributed by atoms with Gasteiger partial charge < -0.3 is 60.1 Å². The van der Waals surface area contributed by atoms with Crippen LogP contribution in [-0.2, 0) is 80.1 Å². The first-order valence-corrected chi connectivity index (χ1v) is 36.0. The van der Waals surface area contributed by atoms with Crippen LogP contribution in [-0.4, -0.2) is 108 Å². The molecule has 0 fully saturated rings. The Hall–Kier alpha value is -6.23. The Balaban J connectivity index is 0.000000207. The zero-order chi connectivity index (χ0) is 75.9. The molecular formula is C78H76BrF9K2N4O13. The summed E-state index contributed by atoms with van der Waals surface area (Å²) in [4.78, 5) is 61.0. The van der Waals surface area contributed by atoms with Crippen LogP contribution in [0.1, 0.15) is 161 Å². The SMILES string of the molecule is C=CC(=O)OCCC.C=CC(=O)OCCCBr.O=C([O-])c1c(F)c(F)c(F)c(F)c1C1=c2cc3c4c(c2Oc2c1cc1c5c2CCCN5CCC1)CCC[N+]=4CCC3.O=C([O-])c1c(F)c(F)c(F)c(F)c1C1=c2cc3c4c(c2Oc2c1cc1c5c2CCCN5CCC1)CCC[N+]=4CCC3.O=CO[O-].[2H]CF.[H-].[K+].[K+]. The number of hydrogen-bond donors (Lipinski definition) is 0. The van der Waals surface area contributed by atoms with Gasteiger partial charge >= 0.3 is 115 Å². The number of nitrogens with zero attached hydrogens (tertiary/aromatic N) is 4. The van der Waals surface area contributed by atoms with Gasteiger partial charge in [0.2, 0.25) is 10.7 Å². The van der Waals surface area contributed by atoms with Crippen molar-refractivity contribution in [1.29, 1.82) is 0 Å². The molecule has 558 valence electrons. The van der Waals surface area contributed by atoms with Gasteiger partial charge in [-0.3, -0.25) is 9.18 Å². The van der Waals surface area contributed by atoms with Crippen molar-refractivity contribution in [2.24, 2.45) is 0 Å². The van der Waals surface area contributed by atoms with E-state index in [1.807, 2.05) is 31.2 Å². The molecule has 0 saturated carbocycles. The van der Waals surface area contributed by atoms with E-state index in [2.05, 4.69) is 62.4 Å². The van der Waals surface area contributed by atoms with Gasteiger partial charge in [0.15, 0.2) is 46.5 Å². The monoisotopic (exact) mass is 1610 g/mol. The number of anilines is 2. The summed E-state index contributed by atoms with van der Waals surface area (Å²) in [7, 11) is -1.00. The van der Waals surface area contributed by atoms with Crippen LogP contribution >= 0.6 is 15.9 Å². The molecular weight excluding hydrogens is 1530 g/mol. The number of hydrogen-bond acceptors (Lipinski definition) is 15. The number of rotatable bonds is 12. The van der Waals surface area contributed by atoms with Gasteiger partial charge in [-0.05, 0) is 125 Å². The number of aryl methyl sites for hydroxylation is 4. The Bertz CT molecular complexity index is 4620. The number of fused-ring (bicyclic) bond motifs is 8. The number of benzene rings is 6. The Morgan fingerprint density at radius 1 is 0.551 bits per heavy atom. The molecule has 10 aliphatic heterocycles. The number of carbonyl (C=O) groups is 5. The molecule has 0 N–H and O–H groups in total. The second-order valence-electron chi connectivity index (χ2n) is 26.3. The van der Waals surface area contributed by atoms with E-state index >= 15 is 17.6 Å². The number of alkyl halides is 2. The zero-order valence-electron chi connectivity index (χ0n) is 61.5. The third-order valence-electron chi connectivity index (χ3n) is 20.2. The van der Waals surface area contributed by atoms with Gasteiger partial charge in [-0.2, -0.15) is 0 Å². The average Bonchev–Trinajstić information content (AvgIpc) is 0.710. The third-order valence-corrected chi connectivity index (χ3v) is 20.7. The molecule has 0 unspecified atom stereocenters. The smallest absolute Gasteiger partial charge is 1.00 e. The molecule has 0 saturated heterocycles. The maximum atomic E-state index is 15.9. The largest absolute Gasteiger partial charge is 1.00 e. The standard InChI is InChI=1S/2C32H26F4N2O3.C6H9BrO2.C6H10O2.CH3F.CH2O3.2K.H/c2*33-24-22(23(32(39)40)25(34)27(36)26(24)35)21-19-13-15-5-1-9-37-11-3-7-17(28(15)37)30(19)41-31-18-8-4-12-38-10-2-6-16(29(18)38)14-20(21)31;1-2-6(8)9-5-3-4-7;1-3-5-8-6(7)4-2;1-2;2-1-4-3;;;/h2*13-14H,1-12H2;2H,1,3-5H2;4H,2-3,5H2,1H3;1H3;1,3H;;;/q;;;;;;2*+1;-1/p-1/i;;;;1D;;;;. The second kappa shape index (κ2) is 37.7. The summed E-state index contributed by atoms with van der Waals surface area (Å²) in [5.41, 5.74) is 6.34. The fourth-order valence-corrected chi connectivity index (χ4v) is 16.5. The van der Waals surface area contributed by atoms with Crippen LogP contribution in [0.25, 0.3) is 11.1 Å².